The van der Waals surface area contributed by atoms with E-state index in [9.17, 15) is 14.4 Å². The molecule has 2 amide bonds. The van der Waals surface area contributed by atoms with Crippen LogP contribution >= 0.6 is 0 Å². The lowest BCUT2D eigenvalue weighted by Gasteiger charge is -2.18. The predicted molar refractivity (Wildman–Crippen MR) is 128 cm³/mol. The van der Waals surface area contributed by atoms with Crippen LogP contribution in [0, 0.1) is 0 Å². The van der Waals surface area contributed by atoms with Crippen LogP contribution in [0.15, 0.2) is 91.0 Å². The number of amides is 2. The zero-order valence-corrected chi connectivity index (χ0v) is 18.8. The number of hydrogen-bond donors (Lipinski definition) is 2. The molecule has 0 fully saturated rings. The number of carbonyl (C=O) groups is 3. The van der Waals surface area contributed by atoms with Gasteiger partial charge in [0.05, 0.1) is 0 Å². The quantitative estimate of drug-likeness (QED) is 0.425. The van der Waals surface area contributed by atoms with Crippen LogP contribution in [-0.2, 0) is 38.7 Å². The van der Waals surface area contributed by atoms with E-state index in [4.69, 9.17) is 9.47 Å². The Hall–Kier alpha value is -4.13. The maximum Gasteiger partial charge on any atom is 0.407 e. The molecule has 7 nitrogen and oxygen atoms in total. The minimum absolute atomic E-state index is 0.00229. The highest BCUT2D eigenvalue weighted by molar-refractivity contribution is 5.85. The fraction of sp³-hybridized carbons (Fsp3) is 0.222. The molecule has 3 rings (SSSR count). The molecule has 3 aromatic rings. The fourth-order valence-electron chi connectivity index (χ4n) is 3.19. The molecule has 0 spiro atoms. The first-order valence-electron chi connectivity index (χ1n) is 11.1. The molecule has 2 N–H and O–H groups in total. The molecule has 0 aliphatic heterocycles. The van der Waals surface area contributed by atoms with E-state index >= 15 is 0 Å². The summed E-state index contributed by atoms with van der Waals surface area (Å²) < 4.78 is 10.6. The number of benzene rings is 3. The number of esters is 1. The molecule has 0 aromatic heterocycles. The molecular weight excluding hydrogens is 432 g/mol. The van der Waals surface area contributed by atoms with Crippen molar-refractivity contribution in [3.05, 3.63) is 108 Å². The average molecular weight is 461 g/mol. The first-order valence-corrected chi connectivity index (χ1v) is 11.1. The largest absolute Gasteiger partial charge is 0.459 e. The predicted octanol–water partition coefficient (Wildman–Crippen LogP) is 3.77. The van der Waals surface area contributed by atoms with Gasteiger partial charge >= 0.3 is 12.1 Å². The molecule has 0 bridgehead atoms. The number of nitrogens with one attached hydrogen (secondary N) is 2. The maximum absolute atomic E-state index is 12.7. The second-order valence-corrected chi connectivity index (χ2v) is 7.64. The SMILES string of the molecule is O=C(CCNC(=O)OCc1ccccc1)N[C@@H](Cc1ccccc1)C(=O)OCc1ccccc1. The molecule has 0 aliphatic carbocycles. The summed E-state index contributed by atoms with van der Waals surface area (Å²) in [5, 5.41) is 5.27. The van der Waals surface area contributed by atoms with Crippen molar-refractivity contribution in [3.8, 4) is 0 Å². The Morgan fingerprint density at radius 2 is 1.18 bits per heavy atom. The zero-order chi connectivity index (χ0) is 24.0. The Bertz CT molecular complexity index is 1040. The van der Waals surface area contributed by atoms with Gasteiger partial charge in [-0.1, -0.05) is 91.0 Å². The summed E-state index contributed by atoms with van der Waals surface area (Å²) in [6.07, 6.45) is -0.315. The third-order valence-corrected chi connectivity index (χ3v) is 4.96. The molecule has 7 heteroatoms. The first kappa shape index (κ1) is 24.5. The van der Waals surface area contributed by atoms with E-state index in [-0.39, 0.29) is 32.1 Å². The summed E-state index contributed by atoms with van der Waals surface area (Å²) in [5.41, 5.74) is 2.62. The molecule has 0 saturated heterocycles. The van der Waals surface area contributed by atoms with Gasteiger partial charge in [-0.25, -0.2) is 9.59 Å². The second kappa shape index (κ2) is 13.4. The molecule has 34 heavy (non-hydrogen) atoms. The molecule has 0 heterocycles. The molecule has 0 radical (unpaired) electrons. The van der Waals surface area contributed by atoms with Crippen molar-refractivity contribution in [2.24, 2.45) is 0 Å². The molecule has 0 aliphatic rings. The van der Waals surface area contributed by atoms with Crippen molar-refractivity contribution in [3.63, 3.8) is 0 Å². The smallest absolute Gasteiger partial charge is 0.407 e. The third-order valence-electron chi connectivity index (χ3n) is 4.96. The van der Waals surface area contributed by atoms with Crippen LogP contribution in [0.25, 0.3) is 0 Å². The summed E-state index contributed by atoms with van der Waals surface area (Å²) in [7, 11) is 0. The number of carbonyl (C=O) groups excluding carboxylic acids is 3. The lowest BCUT2D eigenvalue weighted by Crippen LogP contribution is -2.44. The van der Waals surface area contributed by atoms with Gasteiger partial charge in [0.25, 0.3) is 0 Å². The third kappa shape index (κ3) is 8.78. The summed E-state index contributed by atoms with van der Waals surface area (Å²) in [6.45, 7) is 0.345. The lowest BCUT2D eigenvalue weighted by molar-refractivity contribution is -0.149. The van der Waals surface area contributed by atoms with Crippen LogP contribution in [0.1, 0.15) is 23.1 Å². The summed E-state index contributed by atoms with van der Waals surface area (Å²) in [6, 6.07) is 27.2. The summed E-state index contributed by atoms with van der Waals surface area (Å²) in [5.74, 6) is -0.891. The maximum atomic E-state index is 12.7. The average Bonchev–Trinajstić information content (AvgIpc) is 2.87. The molecule has 0 saturated carbocycles. The number of ether oxygens (including phenoxy) is 2. The van der Waals surface area contributed by atoms with E-state index in [1.807, 2.05) is 91.0 Å². The lowest BCUT2D eigenvalue weighted by atomic mass is 10.1. The van der Waals surface area contributed by atoms with Gasteiger partial charge in [0, 0.05) is 19.4 Å². The number of alkyl carbamates (subject to hydrolysis) is 1. The Labute approximate surface area is 199 Å². The van der Waals surface area contributed by atoms with Gasteiger partial charge in [0.2, 0.25) is 5.91 Å². The second-order valence-electron chi connectivity index (χ2n) is 7.64. The highest BCUT2D eigenvalue weighted by Gasteiger charge is 2.23. The Morgan fingerprint density at radius 3 is 1.74 bits per heavy atom. The van der Waals surface area contributed by atoms with Crippen LogP contribution in [0.5, 0.6) is 0 Å². The number of hydrogen-bond acceptors (Lipinski definition) is 5. The normalized spacial score (nSPS) is 11.2. The first-order chi connectivity index (χ1) is 16.6. The van der Waals surface area contributed by atoms with E-state index in [1.165, 1.54) is 0 Å². The van der Waals surface area contributed by atoms with Crippen molar-refractivity contribution in [1.82, 2.24) is 10.6 Å². The van der Waals surface area contributed by atoms with Gasteiger partial charge < -0.3 is 20.1 Å². The van der Waals surface area contributed by atoms with Crippen molar-refractivity contribution in [2.45, 2.75) is 32.1 Å². The fourth-order valence-corrected chi connectivity index (χ4v) is 3.19. The Balaban J connectivity index is 1.46. The minimum atomic E-state index is -0.844. The van der Waals surface area contributed by atoms with E-state index in [0.717, 1.165) is 16.7 Å². The molecule has 176 valence electrons. The van der Waals surface area contributed by atoms with E-state index in [2.05, 4.69) is 10.6 Å². The monoisotopic (exact) mass is 460 g/mol. The standard InChI is InChI=1S/C27H28N2O5/c30-25(16-17-28-27(32)34-20-23-14-8-3-9-15-23)29-24(18-21-10-4-1-5-11-21)26(31)33-19-22-12-6-2-7-13-22/h1-15,24H,16-20H2,(H,28,32)(H,29,30)/t24-/m0/s1. The molecule has 0 unspecified atom stereocenters. The van der Waals surface area contributed by atoms with Gasteiger partial charge in [-0.2, -0.15) is 0 Å². The Kier molecular flexibility index (Phi) is 9.68. The van der Waals surface area contributed by atoms with Crippen molar-refractivity contribution >= 4 is 18.0 Å². The van der Waals surface area contributed by atoms with Crippen molar-refractivity contribution < 1.29 is 23.9 Å². The van der Waals surface area contributed by atoms with Crippen LogP contribution in [0.2, 0.25) is 0 Å². The topological polar surface area (TPSA) is 93.7 Å². The van der Waals surface area contributed by atoms with E-state index < -0.39 is 18.1 Å². The van der Waals surface area contributed by atoms with Gasteiger partial charge in [-0.05, 0) is 16.7 Å². The highest BCUT2D eigenvalue weighted by Crippen LogP contribution is 2.08. The molecular formula is C27H28N2O5. The van der Waals surface area contributed by atoms with Crippen molar-refractivity contribution in [2.75, 3.05) is 6.54 Å². The zero-order valence-electron chi connectivity index (χ0n) is 18.8. The van der Waals surface area contributed by atoms with Gasteiger partial charge in [-0.15, -0.1) is 0 Å². The highest BCUT2D eigenvalue weighted by atomic mass is 16.5. The van der Waals surface area contributed by atoms with Crippen LogP contribution in [0.3, 0.4) is 0 Å². The summed E-state index contributed by atoms with van der Waals surface area (Å²) in [4.78, 5) is 37.1. The van der Waals surface area contributed by atoms with E-state index in [0.29, 0.717) is 6.42 Å². The summed E-state index contributed by atoms with van der Waals surface area (Å²) >= 11 is 0. The van der Waals surface area contributed by atoms with Crippen molar-refractivity contribution in [1.29, 1.82) is 0 Å². The van der Waals surface area contributed by atoms with Gasteiger partial charge in [0.1, 0.15) is 19.3 Å². The van der Waals surface area contributed by atoms with Gasteiger partial charge in [-0.3, -0.25) is 4.79 Å². The molecule has 3 aromatic carbocycles. The van der Waals surface area contributed by atoms with E-state index in [1.54, 1.807) is 0 Å². The minimum Gasteiger partial charge on any atom is -0.459 e. The Morgan fingerprint density at radius 1 is 0.676 bits per heavy atom. The van der Waals surface area contributed by atoms with Crippen LogP contribution in [0.4, 0.5) is 4.79 Å². The van der Waals surface area contributed by atoms with Crippen LogP contribution < -0.4 is 10.6 Å². The van der Waals surface area contributed by atoms with Crippen LogP contribution in [-0.4, -0.2) is 30.6 Å². The molecule has 1 atom stereocenters. The number of rotatable bonds is 11. The van der Waals surface area contributed by atoms with Gasteiger partial charge in [0.15, 0.2) is 0 Å².